The molecule has 49 heavy (non-hydrogen) atoms. The van der Waals surface area contributed by atoms with E-state index in [2.05, 4.69) is 27.5 Å². The smallest absolute Gasteiger partial charge is 0.417 e. The highest BCUT2D eigenvalue weighted by Crippen LogP contribution is 2.45. The molecule has 0 radical (unpaired) electrons. The molecule has 4 atom stereocenters. The molecule has 3 saturated heterocycles. The molecule has 14 nitrogen and oxygen atoms in total. The molecule has 4 aliphatic heterocycles. The number of benzene rings is 1. The Morgan fingerprint density at radius 2 is 1.71 bits per heavy atom. The van der Waals surface area contributed by atoms with E-state index in [1.54, 1.807) is 0 Å². The van der Waals surface area contributed by atoms with Crippen LogP contribution in [0.15, 0.2) is 35.6 Å². The summed E-state index contributed by atoms with van der Waals surface area (Å²) in [4.78, 5) is 57.1. The molecular weight excluding hydrogens is 743 g/mol. The van der Waals surface area contributed by atoms with Crippen LogP contribution in [-0.2, 0) is 26.7 Å². The quantitative estimate of drug-likeness (QED) is 0.111. The van der Waals surface area contributed by atoms with Crippen LogP contribution in [0.3, 0.4) is 0 Å². The second kappa shape index (κ2) is 12.3. The van der Waals surface area contributed by atoms with Gasteiger partial charge >= 0.3 is 18.4 Å². The van der Waals surface area contributed by atoms with Crippen molar-refractivity contribution in [1.29, 1.82) is 0 Å². The third kappa shape index (κ3) is 6.75. The third-order valence-electron chi connectivity index (χ3n) is 8.20. The lowest BCUT2D eigenvalue weighted by atomic mass is 9.85. The van der Waals surface area contributed by atoms with E-state index in [1.165, 1.54) is 0 Å². The van der Waals surface area contributed by atoms with E-state index in [1.807, 2.05) is 5.32 Å². The number of hydrogen-bond donors (Lipinski definition) is 6. The lowest BCUT2D eigenvalue weighted by Gasteiger charge is -2.49. The Kier molecular flexibility index (Phi) is 9.14. The van der Waals surface area contributed by atoms with Gasteiger partial charge in [-0.1, -0.05) is 41.4 Å². The van der Waals surface area contributed by atoms with Crippen LogP contribution >= 0.6 is 34.8 Å². The zero-order valence-corrected chi connectivity index (χ0v) is 26.7. The molecule has 6 N–H and O–H groups in total. The van der Waals surface area contributed by atoms with E-state index >= 15 is 0 Å². The summed E-state index contributed by atoms with van der Waals surface area (Å²) in [6.45, 7) is 1.64. The van der Waals surface area contributed by atoms with Crippen molar-refractivity contribution in [2.45, 2.75) is 58.6 Å². The number of amides is 4. The van der Waals surface area contributed by atoms with Crippen LogP contribution in [0.25, 0.3) is 0 Å². The van der Waals surface area contributed by atoms with Gasteiger partial charge in [0, 0.05) is 19.4 Å². The van der Waals surface area contributed by atoms with E-state index < -0.39 is 112 Å². The molecule has 0 bridgehead atoms. The number of alkyl carbamates (subject to hydrolysis) is 1. The standard InChI is InChI=1S/C26H24Cl3F6N7O7/c1-10-36-18-14(7-41-16(43)4-5-17(41)44)37-20(39-21(46)49-9-22(27,28)29)42-8-15(24(47,48)23(18,42)40-10)38-19(45)12-6-11(25(30,31)32)2-3-13(12)26(33,34)35/h2-3,6,14-15,18,36,40,47-48H,1,4-5,7-9H2,(H,38,45)(H,37,39,46)/t14-,15?,18?,23?/m0/s1. The summed E-state index contributed by atoms with van der Waals surface area (Å²) >= 11 is 16.9. The van der Waals surface area contributed by atoms with Gasteiger partial charge in [0.25, 0.3) is 5.91 Å². The highest BCUT2D eigenvalue weighted by atomic mass is 35.6. The predicted molar refractivity (Wildman–Crippen MR) is 155 cm³/mol. The number of ether oxygens (including phenoxy) is 1. The molecule has 1 aromatic carbocycles. The van der Waals surface area contributed by atoms with E-state index in [0.717, 1.165) is 9.80 Å². The van der Waals surface area contributed by atoms with Crippen molar-refractivity contribution in [2.75, 3.05) is 19.7 Å². The largest absolute Gasteiger partial charge is 0.445 e. The van der Waals surface area contributed by atoms with Crippen molar-refractivity contribution < 1.29 is 60.5 Å². The molecule has 23 heteroatoms. The number of alkyl halides is 9. The van der Waals surface area contributed by atoms with Crippen molar-refractivity contribution >= 4 is 64.6 Å². The van der Waals surface area contributed by atoms with Crippen LogP contribution in [0.2, 0.25) is 0 Å². The maximum atomic E-state index is 13.8. The summed E-state index contributed by atoms with van der Waals surface area (Å²) < 4.78 is 84.4. The first kappa shape index (κ1) is 36.6. The van der Waals surface area contributed by atoms with E-state index in [-0.39, 0.29) is 36.9 Å². The van der Waals surface area contributed by atoms with Crippen LogP contribution in [0.5, 0.6) is 0 Å². The van der Waals surface area contributed by atoms with Crippen molar-refractivity contribution in [3.63, 3.8) is 0 Å². The highest BCUT2D eigenvalue weighted by Gasteiger charge is 2.74. The van der Waals surface area contributed by atoms with Crippen LogP contribution in [0.4, 0.5) is 31.1 Å². The summed E-state index contributed by atoms with van der Waals surface area (Å²) in [5.41, 5.74) is -7.16. The molecule has 0 aliphatic carbocycles. The minimum atomic E-state index is -5.30. The molecule has 4 amide bonds. The number of likely N-dealkylation sites (tertiary alicyclic amines) is 1. The Hall–Kier alpha value is -3.72. The summed E-state index contributed by atoms with van der Waals surface area (Å²) in [6, 6.07) is -4.55. The molecule has 1 spiro atoms. The molecule has 5 rings (SSSR count). The van der Waals surface area contributed by atoms with Gasteiger partial charge in [0.05, 0.1) is 41.1 Å². The topological polar surface area (TPSA) is 185 Å². The summed E-state index contributed by atoms with van der Waals surface area (Å²) in [5.74, 6) is -6.87. The number of imide groups is 1. The van der Waals surface area contributed by atoms with Gasteiger partial charge in [0.1, 0.15) is 12.6 Å². The molecule has 0 aromatic heterocycles. The second-order valence-corrected chi connectivity index (χ2v) is 13.9. The second-order valence-electron chi connectivity index (χ2n) is 11.3. The summed E-state index contributed by atoms with van der Waals surface area (Å²) in [7, 11) is 0. The van der Waals surface area contributed by atoms with E-state index in [0.29, 0.717) is 0 Å². The molecule has 0 saturated carbocycles. The van der Waals surface area contributed by atoms with Gasteiger partial charge in [0.2, 0.25) is 27.4 Å². The molecule has 1 aromatic rings. The number of carbonyl (C=O) groups is 4. The van der Waals surface area contributed by atoms with Crippen molar-refractivity contribution in [3.05, 3.63) is 47.3 Å². The minimum Gasteiger partial charge on any atom is -0.445 e. The molecule has 268 valence electrons. The van der Waals surface area contributed by atoms with Gasteiger partial charge in [-0.2, -0.15) is 26.3 Å². The molecule has 3 unspecified atom stereocenters. The first-order chi connectivity index (χ1) is 22.5. The number of aliphatic imine (C=N–C) groups is 1. The fraction of sp³-hybridized carbons (Fsp3) is 0.500. The van der Waals surface area contributed by atoms with Gasteiger partial charge in [0.15, 0.2) is 5.66 Å². The third-order valence-corrected chi connectivity index (χ3v) is 8.52. The molecular formula is C26H24Cl3F6N7O7. The monoisotopic (exact) mass is 765 g/mol. The van der Waals surface area contributed by atoms with Crippen LogP contribution in [0, 0.1) is 0 Å². The average Bonchev–Trinajstić information content (AvgIpc) is 3.57. The van der Waals surface area contributed by atoms with Crippen LogP contribution in [0.1, 0.15) is 34.3 Å². The Morgan fingerprint density at radius 1 is 1.08 bits per heavy atom. The number of rotatable bonds is 5. The number of carbonyl (C=O) groups excluding carboxylic acids is 4. The lowest BCUT2D eigenvalue weighted by Crippen LogP contribution is -2.78. The normalized spacial score (nSPS) is 26.5. The maximum Gasteiger partial charge on any atom is 0.417 e. The van der Waals surface area contributed by atoms with Gasteiger partial charge in [-0.15, -0.1) is 0 Å². The number of nitrogens with zero attached hydrogens (tertiary/aromatic N) is 3. The number of nitrogens with one attached hydrogen (secondary N) is 4. The fourth-order valence-corrected chi connectivity index (χ4v) is 6.28. The number of halogens is 9. The first-order valence-corrected chi connectivity index (χ1v) is 15.1. The van der Waals surface area contributed by atoms with Crippen LogP contribution < -0.4 is 21.3 Å². The fourth-order valence-electron chi connectivity index (χ4n) is 6.11. The number of guanidine groups is 1. The van der Waals surface area contributed by atoms with Gasteiger partial charge in [-0.05, 0) is 18.2 Å². The van der Waals surface area contributed by atoms with Crippen molar-refractivity contribution in [3.8, 4) is 0 Å². The average molecular weight is 767 g/mol. The summed E-state index contributed by atoms with van der Waals surface area (Å²) in [5, 5.41) is 33.1. The zero-order valence-electron chi connectivity index (χ0n) is 24.4. The lowest BCUT2D eigenvalue weighted by molar-refractivity contribution is -0.231. The Morgan fingerprint density at radius 3 is 2.29 bits per heavy atom. The zero-order chi connectivity index (χ0) is 36.5. The molecule has 4 heterocycles. The molecule has 3 fully saturated rings. The van der Waals surface area contributed by atoms with Gasteiger partial charge in [-0.25, -0.2) is 9.79 Å². The van der Waals surface area contributed by atoms with E-state index in [9.17, 15) is 55.7 Å². The van der Waals surface area contributed by atoms with Gasteiger partial charge in [-0.3, -0.25) is 24.6 Å². The first-order valence-electron chi connectivity index (χ1n) is 13.9. The minimum absolute atomic E-state index is 0.0373. The Labute approximate surface area is 286 Å². The van der Waals surface area contributed by atoms with E-state index in [4.69, 9.17) is 39.5 Å². The maximum absolute atomic E-state index is 13.8. The van der Waals surface area contributed by atoms with Crippen LogP contribution in [-0.4, -0.2) is 103 Å². The van der Waals surface area contributed by atoms with Crippen molar-refractivity contribution in [1.82, 2.24) is 31.1 Å². The van der Waals surface area contributed by atoms with Gasteiger partial charge < -0.3 is 35.8 Å². The Bertz CT molecular complexity index is 1620. The Balaban J connectivity index is 1.55. The van der Waals surface area contributed by atoms with Crippen molar-refractivity contribution in [2.24, 2.45) is 4.99 Å². The summed E-state index contributed by atoms with van der Waals surface area (Å²) in [6.07, 6.45) is -12.0. The SMILES string of the molecule is C=C1NC2[C@H](CN3C(=O)CCC3=O)N=C(NC(=O)OCC(Cl)(Cl)Cl)N3CC(NC(=O)c4cc(C(F)(F)F)ccc4C(F)(F)F)C(O)(O)C23N1. The number of hydrogen-bond acceptors (Lipinski definition) is 11. The molecule has 4 aliphatic rings. The highest BCUT2D eigenvalue weighted by molar-refractivity contribution is 6.67. The predicted octanol–water partition coefficient (Wildman–Crippen LogP) is 1.53. The number of aliphatic hydroxyl groups is 2.